The molecule has 0 spiro atoms. The van der Waals surface area contributed by atoms with Crippen molar-refractivity contribution in [2.24, 2.45) is 0 Å². The van der Waals surface area contributed by atoms with E-state index in [1.807, 2.05) is 42.3 Å². The summed E-state index contributed by atoms with van der Waals surface area (Å²) in [6, 6.07) is 16.3. The smallest absolute Gasteiger partial charge is 0.126 e. The molecule has 0 fully saturated rings. The predicted octanol–water partition coefficient (Wildman–Crippen LogP) is 3.28. The molecule has 25 heavy (non-hydrogen) atoms. The van der Waals surface area contributed by atoms with Crippen LogP contribution in [0.2, 0.25) is 0 Å². The molecule has 2 aromatic carbocycles. The lowest BCUT2D eigenvalue weighted by atomic mass is 10.0. The first-order valence-corrected chi connectivity index (χ1v) is 8.29. The minimum Gasteiger partial charge on any atom is -0.496 e. The molecule has 0 saturated heterocycles. The van der Waals surface area contributed by atoms with Crippen LogP contribution < -0.4 is 15.0 Å². The number of anilines is 2. The first-order valence-electron chi connectivity index (χ1n) is 8.29. The van der Waals surface area contributed by atoms with Gasteiger partial charge in [-0.2, -0.15) is 0 Å². The second-order valence-corrected chi connectivity index (χ2v) is 5.87. The van der Waals surface area contributed by atoms with Gasteiger partial charge in [0.2, 0.25) is 0 Å². The number of rotatable bonds is 7. The van der Waals surface area contributed by atoms with Gasteiger partial charge in [0.25, 0.3) is 0 Å². The van der Waals surface area contributed by atoms with Crippen molar-refractivity contribution in [3.05, 3.63) is 60.3 Å². The maximum Gasteiger partial charge on any atom is 0.126 e. The minimum absolute atomic E-state index is 0.122. The normalized spacial score (nSPS) is 10.7. The number of methoxy groups -OCH3 is 1. The number of aliphatic hydroxyl groups is 1. The van der Waals surface area contributed by atoms with Crippen LogP contribution in [-0.2, 0) is 6.54 Å². The van der Waals surface area contributed by atoms with Crippen LogP contribution in [0.3, 0.4) is 0 Å². The molecule has 1 aromatic heterocycles. The molecule has 0 aliphatic carbocycles. The van der Waals surface area contributed by atoms with Gasteiger partial charge < -0.3 is 20.1 Å². The molecule has 0 atom stereocenters. The Balaban J connectivity index is 1.78. The molecule has 130 valence electrons. The molecule has 5 nitrogen and oxygen atoms in total. The lowest BCUT2D eigenvalue weighted by Gasteiger charge is -2.18. The number of fused-ring (bicyclic) bond motifs is 1. The second kappa shape index (κ2) is 7.85. The third kappa shape index (κ3) is 3.83. The molecular weight excluding hydrogens is 314 g/mol. The number of aliphatic hydroxyl groups excluding tert-OH is 1. The van der Waals surface area contributed by atoms with Crippen molar-refractivity contribution in [3.63, 3.8) is 0 Å². The van der Waals surface area contributed by atoms with Crippen molar-refractivity contribution >= 4 is 22.3 Å². The Labute approximate surface area is 147 Å². The van der Waals surface area contributed by atoms with Gasteiger partial charge in [-0.1, -0.05) is 30.3 Å². The Kier molecular flexibility index (Phi) is 5.36. The SMILES string of the molecule is COc1ccc2ccccc2c1CNc1ccc(N(C)CCO)cn1. The van der Waals surface area contributed by atoms with Crippen molar-refractivity contribution in [3.8, 4) is 5.75 Å². The summed E-state index contributed by atoms with van der Waals surface area (Å²) in [7, 11) is 3.62. The van der Waals surface area contributed by atoms with Crippen molar-refractivity contribution < 1.29 is 9.84 Å². The minimum atomic E-state index is 0.122. The van der Waals surface area contributed by atoms with E-state index in [0.717, 1.165) is 22.8 Å². The fourth-order valence-electron chi connectivity index (χ4n) is 2.86. The zero-order valence-electron chi connectivity index (χ0n) is 14.6. The van der Waals surface area contributed by atoms with Crippen LogP contribution in [0.1, 0.15) is 5.56 Å². The first kappa shape index (κ1) is 17.0. The molecule has 0 unspecified atom stereocenters. The molecule has 0 saturated carbocycles. The number of hydrogen-bond acceptors (Lipinski definition) is 5. The summed E-state index contributed by atoms with van der Waals surface area (Å²) >= 11 is 0. The van der Waals surface area contributed by atoms with Gasteiger partial charge in [-0.05, 0) is 29.0 Å². The molecule has 1 heterocycles. The van der Waals surface area contributed by atoms with E-state index in [1.54, 1.807) is 13.3 Å². The van der Waals surface area contributed by atoms with Crippen molar-refractivity contribution in [1.29, 1.82) is 0 Å². The Morgan fingerprint density at radius 2 is 1.96 bits per heavy atom. The van der Waals surface area contributed by atoms with E-state index in [0.29, 0.717) is 13.1 Å². The van der Waals surface area contributed by atoms with Gasteiger partial charge in [-0.3, -0.25) is 0 Å². The average molecular weight is 337 g/mol. The van der Waals surface area contributed by atoms with Crippen molar-refractivity contribution in [2.75, 3.05) is 37.5 Å². The summed E-state index contributed by atoms with van der Waals surface area (Å²) in [6.45, 7) is 1.34. The molecule has 0 amide bonds. The third-order valence-corrected chi connectivity index (χ3v) is 4.29. The average Bonchev–Trinajstić information content (AvgIpc) is 2.66. The van der Waals surface area contributed by atoms with Gasteiger partial charge in [-0.25, -0.2) is 4.98 Å². The van der Waals surface area contributed by atoms with Gasteiger partial charge in [0.1, 0.15) is 11.6 Å². The zero-order chi connectivity index (χ0) is 17.6. The summed E-state index contributed by atoms with van der Waals surface area (Å²) in [4.78, 5) is 6.42. The number of nitrogens with one attached hydrogen (secondary N) is 1. The molecule has 0 radical (unpaired) electrons. The van der Waals surface area contributed by atoms with Crippen molar-refractivity contribution in [1.82, 2.24) is 4.98 Å². The van der Waals surface area contributed by atoms with Crippen LogP contribution in [0.5, 0.6) is 5.75 Å². The Morgan fingerprint density at radius 1 is 1.12 bits per heavy atom. The Hall–Kier alpha value is -2.79. The first-order chi connectivity index (χ1) is 12.2. The number of likely N-dealkylation sites (N-methyl/N-ethyl adjacent to an activating group) is 1. The zero-order valence-corrected chi connectivity index (χ0v) is 14.6. The van der Waals surface area contributed by atoms with Crippen LogP contribution in [0, 0.1) is 0 Å². The van der Waals surface area contributed by atoms with Crippen molar-refractivity contribution in [2.45, 2.75) is 6.54 Å². The third-order valence-electron chi connectivity index (χ3n) is 4.29. The van der Waals surface area contributed by atoms with E-state index >= 15 is 0 Å². The van der Waals surface area contributed by atoms with Gasteiger partial charge in [0, 0.05) is 25.7 Å². The van der Waals surface area contributed by atoms with E-state index in [-0.39, 0.29) is 6.61 Å². The van der Waals surface area contributed by atoms with E-state index in [1.165, 1.54) is 10.8 Å². The summed E-state index contributed by atoms with van der Waals surface area (Å²) in [5, 5.41) is 14.7. The van der Waals surface area contributed by atoms with Gasteiger partial charge in [-0.15, -0.1) is 0 Å². The molecule has 3 rings (SSSR count). The highest BCUT2D eigenvalue weighted by Gasteiger charge is 2.08. The quantitative estimate of drug-likeness (QED) is 0.693. The number of nitrogens with zero attached hydrogens (tertiary/aromatic N) is 2. The van der Waals surface area contributed by atoms with E-state index < -0.39 is 0 Å². The highest BCUT2D eigenvalue weighted by atomic mass is 16.5. The van der Waals surface area contributed by atoms with E-state index in [2.05, 4.69) is 28.5 Å². The van der Waals surface area contributed by atoms with Gasteiger partial charge in [0.15, 0.2) is 0 Å². The number of ether oxygens (including phenoxy) is 1. The molecule has 2 N–H and O–H groups in total. The second-order valence-electron chi connectivity index (χ2n) is 5.87. The molecule has 0 aliphatic rings. The topological polar surface area (TPSA) is 57.6 Å². The standard InChI is InChI=1S/C20H23N3O2/c1-23(11-12-24)16-8-10-20(21-13-16)22-14-18-17-6-4-3-5-15(17)7-9-19(18)25-2/h3-10,13,24H,11-12,14H2,1-2H3,(H,21,22). The molecule has 5 heteroatoms. The largest absolute Gasteiger partial charge is 0.496 e. The fraction of sp³-hybridized carbons (Fsp3) is 0.250. The van der Waals surface area contributed by atoms with Gasteiger partial charge >= 0.3 is 0 Å². The Morgan fingerprint density at radius 3 is 2.68 bits per heavy atom. The Bertz CT molecular complexity index is 834. The number of aromatic nitrogens is 1. The molecular formula is C20H23N3O2. The molecule has 0 aliphatic heterocycles. The number of hydrogen-bond donors (Lipinski definition) is 2. The fourth-order valence-corrected chi connectivity index (χ4v) is 2.86. The lowest BCUT2D eigenvalue weighted by Crippen LogP contribution is -2.21. The summed E-state index contributed by atoms with van der Waals surface area (Å²) in [5.74, 6) is 1.67. The maximum absolute atomic E-state index is 9.01. The van der Waals surface area contributed by atoms with Crippen LogP contribution >= 0.6 is 0 Å². The highest BCUT2D eigenvalue weighted by molar-refractivity contribution is 5.88. The van der Waals surface area contributed by atoms with E-state index in [4.69, 9.17) is 9.84 Å². The molecule has 3 aromatic rings. The monoisotopic (exact) mass is 337 g/mol. The summed E-state index contributed by atoms with van der Waals surface area (Å²) in [5.41, 5.74) is 2.09. The highest BCUT2D eigenvalue weighted by Crippen LogP contribution is 2.28. The van der Waals surface area contributed by atoms with Crippen LogP contribution in [-0.4, -0.2) is 37.4 Å². The molecule has 0 bridgehead atoms. The predicted molar refractivity (Wildman–Crippen MR) is 102 cm³/mol. The van der Waals surface area contributed by atoms with Crippen LogP contribution in [0.4, 0.5) is 11.5 Å². The lowest BCUT2D eigenvalue weighted by molar-refractivity contribution is 0.304. The van der Waals surface area contributed by atoms with Crippen LogP contribution in [0.25, 0.3) is 10.8 Å². The van der Waals surface area contributed by atoms with Gasteiger partial charge in [0.05, 0.1) is 25.6 Å². The summed E-state index contributed by atoms with van der Waals surface area (Å²) < 4.78 is 5.53. The van der Waals surface area contributed by atoms with Crippen LogP contribution in [0.15, 0.2) is 54.7 Å². The number of pyridine rings is 1. The number of benzene rings is 2. The maximum atomic E-state index is 9.01. The summed E-state index contributed by atoms with van der Waals surface area (Å²) in [6.07, 6.45) is 1.80. The van der Waals surface area contributed by atoms with E-state index in [9.17, 15) is 0 Å².